The highest BCUT2D eigenvalue weighted by molar-refractivity contribution is 5.66. The summed E-state index contributed by atoms with van der Waals surface area (Å²) >= 11 is 0. The van der Waals surface area contributed by atoms with Gasteiger partial charge in [0, 0.05) is 0 Å². The predicted octanol–water partition coefficient (Wildman–Crippen LogP) is 3.29. The molecule has 1 N–H and O–H groups in total. The van der Waals surface area contributed by atoms with Crippen molar-refractivity contribution in [2.75, 3.05) is 0 Å². The van der Waals surface area contributed by atoms with E-state index in [-0.39, 0.29) is 0 Å². The normalized spacial score (nSPS) is 11.8. The number of aldehydes is 1. The van der Waals surface area contributed by atoms with Crippen molar-refractivity contribution in [2.45, 2.75) is 19.4 Å². The van der Waals surface area contributed by atoms with Crippen molar-refractivity contribution in [3.05, 3.63) is 82.9 Å². The average molecular weight is 266 g/mol. The molecule has 0 saturated carbocycles. The Kier molecular flexibility index (Phi) is 4.16. The number of rotatable bonds is 4. The monoisotopic (exact) mass is 266 g/mol. The summed E-state index contributed by atoms with van der Waals surface area (Å²) in [5.41, 5.74) is 2.44. The molecule has 0 bridgehead atoms. The maximum absolute atomic E-state index is 11.0. The summed E-state index contributed by atoms with van der Waals surface area (Å²) in [6.07, 6.45) is 3.53. The molecule has 2 aromatic rings. The van der Waals surface area contributed by atoms with E-state index in [1.807, 2.05) is 62.4 Å². The Morgan fingerprint density at radius 2 is 1.25 bits per heavy atom. The number of allylic oxidation sites excluding steroid dienone is 1. The molecule has 2 aromatic carbocycles. The lowest BCUT2D eigenvalue weighted by molar-refractivity contribution is -0.104. The number of aliphatic hydroxyl groups is 1. The summed E-state index contributed by atoms with van der Waals surface area (Å²) in [6, 6.07) is 15.3. The summed E-state index contributed by atoms with van der Waals surface area (Å²) in [5.74, 6) is 0. The van der Waals surface area contributed by atoms with Crippen molar-refractivity contribution in [1.29, 1.82) is 0 Å². The van der Waals surface area contributed by atoms with Gasteiger partial charge in [-0.15, -0.1) is 0 Å². The van der Waals surface area contributed by atoms with Gasteiger partial charge < -0.3 is 5.11 Å². The number of aryl methyl sites for hydroxylation is 2. The third-order valence-electron chi connectivity index (χ3n) is 3.40. The highest BCUT2D eigenvalue weighted by atomic mass is 16.3. The Bertz CT molecular complexity index is 561. The fraction of sp³-hybridized carbons (Fsp3) is 0.167. The molecule has 0 aliphatic rings. The van der Waals surface area contributed by atoms with Gasteiger partial charge in [-0.25, -0.2) is 0 Å². The summed E-state index contributed by atoms with van der Waals surface area (Å²) < 4.78 is 0. The molecule has 102 valence electrons. The predicted molar refractivity (Wildman–Crippen MR) is 80.6 cm³/mol. The molecule has 0 unspecified atom stereocenters. The smallest absolute Gasteiger partial charge is 0.142 e. The van der Waals surface area contributed by atoms with Gasteiger partial charge in [0.05, 0.1) is 0 Å². The van der Waals surface area contributed by atoms with E-state index >= 15 is 0 Å². The van der Waals surface area contributed by atoms with Crippen molar-refractivity contribution >= 4 is 6.29 Å². The standard InChI is InChI=1S/C18H18O2/c1-14-4-8-16(9-5-14)18(20,12-3-13-19)17-10-6-15(2)7-11-17/h3-13,20H,1-2H3/b12-3+. The Balaban J connectivity index is 2.55. The first-order valence-electron chi connectivity index (χ1n) is 6.56. The Morgan fingerprint density at radius 1 is 0.850 bits per heavy atom. The van der Waals surface area contributed by atoms with Crippen molar-refractivity contribution in [1.82, 2.24) is 0 Å². The zero-order valence-electron chi connectivity index (χ0n) is 11.7. The number of benzene rings is 2. The SMILES string of the molecule is Cc1ccc(C(O)(/C=C/C=O)c2ccc(C)cc2)cc1. The Labute approximate surface area is 119 Å². The molecule has 0 aliphatic carbocycles. The van der Waals surface area contributed by atoms with Crippen LogP contribution in [0.4, 0.5) is 0 Å². The second-order valence-corrected chi connectivity index (χ2v) is 4.99. The van der Waals surface area contributed by atoms with E-state index in [2.05, 4.69) is 0 Å². The molecule has 0 saturated heterocycles. The van der Waals surface area contributed by atoms with Crippen LogP contribution in [-0.2, 0) is 10.4 Å². The van der Waals surface area contributed by atoms with Crippen molar-refractivity contribution in [2.24, 2.45) is 0 Å². The lowest BCUT2D eigenvalue weighted by atomic mass is 9.85. The molecule has 0 fully saturated rings. The third kappa shape index (κ3) is 2.86. The number of hydrogen-bond acceptors (Lipinski definition) is 2. The molecule has 0 atom stereocenters. The maximum atomic E-state index is 11.0. The third-order valence-corrected chi connectivity index (χ3v) is 3.40. The quantitative estimate of drug-likeness (QED) is 0.681. The van der Waals surface area contributed by atoms with E-state index < -0.39 is 5.60 Å². The van der Waals surface area contributed by atoms with Gasteiger partial charge in [0.2, 0.25) is 0 Å². The highest BCUT2D eigenvalue weighted by Crippen LogP contribution is 2.31. The molecule has 0 aliphatic heterocycles. The van der Waals surface area contributed by atoms with Gasteiger partial charge in [-0.1, -0.05) is 59.7 Å². The van der Waals surface area contributed by atoms with Gasteiger partial charge in [0.15, 0.2) is 0 Å². The second kappa shape index (κ2) is 5.85. The summed E-state index contributed by atoms with van der Waals surface area (Å²) in [5, 5.41) is 11.0. The number of carbonyl (C=O) groups excluding carboxylic acids is 1. The van der Waals surface area contributed by atoms with Gasteiger partial charge in [-0.3, -0.25) is 4.79 Å². The summed E-state index contributed by atoms with van der Waals surface area (Å²) in [4.78, 5) is 10.6. The van der Waals surface area contributed by atoms with E-state index in [0.717, 1.165) is 22.3 Å². The summed E-state index contributed by atoms with van der Waals surface area (Å²) in [7, 11) is 0. The van der Waals surface area contributed by atoms with Gasteiger partial charge in [0.1, 0.15) is 11.9 Å². The van der Waals surface area contributed by atoms with Crippen molar-refractivity contribution in [3.8, 4) is 0 Å². The lowest BCUT2D eigenvalue weighted by Gasteiger charge is -2.26. The van der Waals surface area contributed by atoms with Crippen molar-refractivity contribution < 1.29 is 9.90 Å². The van der Waals surface area contributed by atoms with Crippen LogP contribution in [0, 0.1) is 13.8 Å². The molecule has 2 rings (SSSR count). The molecule has 20 heavy (non-hydrogen) atoms. The second-order valence-electron chi connectivity index (χ2n) is 4.99. The van der Waals surface area contributed by atoms with E-state index in [9.17, 15) is 9.90 Å². The molecular formula is C18H18O2. The van der Waals surface area contributed by atoms with Gasteiger partial charge in [-0.2, -0.15) is 0 Å². The van der Waals surface area contributed by atoms with Crippen LogP contribution in [0.15, 0.2) is 60.7 Å². The molecule has 0 amide bonds. The summed E-state index contributed by atoms with van der Waals surface area (Å²) in [6.45, 7) is 3.99. The molecule has 0 spiro atoms. The number of hydrogen-bond donors (Lipinski definition) is 1. The van der Waals surface area contributed by atoms with Crippen LogP contribution in [-0.4, -0.2) is 11.4 Å². The molecular weight excluding hydrogens is 248 g/mol. The molecule has 0 radical (unpaired) electrons. The molecule has 2 heteroatoms. The van der Waals surface area contributed by atoms with Crippen LogP contribution in [0.2, 0.25) is 0 Å². The topological polar surface area (TPSA) is 37.3 Å². The first-order chi connectivity index (χ1) is 9.56. The van der Waals surface area contributed by atoms with Crippen LogP contribution >= 0.6 is 0 Å². The lowest BCUT2D eigenvalue weighted by Crippen LogP contribution is -2.24. The van der Waals surface area contributed by atoms with E-state index in [1.54, 1.807) is 0 Å². The first-order valence-corrected chi connectivity index (χ1v) is 6.56. The Hall–Kier alpha value is -2.19. The van der Waals surface area contributed by atoms with Crippen LogP contribution in [0.3, 0.4) is 0 Å². The van der Waals surface area contributed by atoms with Crippen LogP contribution in [0.1, 0.15) is 22.3 Å². The maximum Gasteiger partial charge on any atom is 0.142 e. The first kappa shape index (κ1) is 14.2. The van der Waals surface area contributed by atoms with Crippen LogP contribution in [0.5, 0.6) is 0 Å². The highest BCUT2D eigenvalue weighted by Gasteiger charge is 2.28. The van der Waals surface area contributed by atoms with E-state index in [0.29, 0.717) is 6.29 Å². The van der Waals surface area contributed by atoms with E-state index in [1.165, 1.54) is 12.2 Å². The zero-order chi connectivity index (χ0) is 14.6. The number of carbonyl (C=O) groups is 1. The molecule has 0 aromatic heterocycles. The van der Waals surface area contributed by atoms with E-state index in [4.69, 9.17) is 0 Å². The zero-order valence-corrected chi connectivity index (χ0v) is 11.7. The fourth-order valence-electron chi connectivity index (χ4n) is 2.15. The molecule has 2 nitrogen and oxygen atoms in total. The van der Waals surface area contributed by atoms with Gasteiger partial charge >= 0.3 is 0 Å². The molecule has 0 heterocycles. The fourth-order valence-corrected chi connectivity index (χ4v) is 2.15. The minimum absolute atomic E-state index is 0.674. The van der Waals surface area contributed by atoms with Gasteiger partial charge in [-0.05, 0) is 37.1 Å². The minimum Gasteiger partial charge on any atom is -0.377 e. The van der Waals surface area contributed by atoms with Crippen LogP contribution < -0.4 is 0 Å². The van der Waals surface area contributed by atoms with Crippen molar-refractivity contribution in [3.63, 3.8) is 0 Å². The van der Waals surface area contributed by atoms with Crippen LogP contribution in [0.25, 0.3) is 0 Å². The average Bonchev–Trinajstić information content (AvgIpc) is 2.46. The van der Waals surface area contributed by atoms with Gasteiger partial charge in [0.25, 0.3) is 0 Å². The Morgan fingerprint density at radius 3 is 1.60 bits per heavy atom. The largest absolute Gasteiger partial charge is 0.377 e. The minimum atomic E-state index is -1.29.